The van der Waals surface area contributed by atoms with E-state index in [1.54, 1.807) is 0 Å². The first-order valence-electron chi connectivity index (χ1n) is 13.2. The Balaban J connectivity index is 1.03. The summed E-state index contributed by atoms with van der Waals surface area (Å²) in [6.45, 7) is 3.85. The number of likely N-dealkylation sites (tertiary alicyclic amines) is 1. The van der Waals surface area contributed by atoms with Crippen molar-refractivity contribution in [3.8, 4) is 0 Å². The van der Waals surface area contributed by atoms with Gasteiger partial charge < -0.3 is 15.1 Å². The largest absolute Gasteiger partial charge is 0.367 e. The van der Waals surface area contributed by atoms with Crippen LogP contribution in [-0.4, -0.2) is 36.3 Å². The maximum absolute atomic E-state index is 12.8. The van der Waals surface area contributed by atoms with Crippen molar-refractivity contribution in [3.05, 3.63) is 101 Å². The number of hydrogen-bond donors (Lipinski definition) is 1. The van der Waals surface area contributed by atoms with Gasteiger partial charge in [-0.25, -0.2) is 0 Å². The number of amides is 2. The highest BCUT2D eigenvalue weighted by molar-refractivity contribution is 5.80. The number of nitrogens with zero attached hydrogens (tertiary/aromatic N) is 2. The molecule has 3 aromatic rings. The fourth-order valence-electron chi connectivity index (χ4n) is 5.33. The zero-order chi connectivity index (χ0) is 24.7. The first-order valence-corrected chi connectivity index (χ1v) is 13.2. The van der Waals surface area contributed by atoms with E-state index in [2.05, 4.69) is 70.9 Å². The van der Waals surface area contributed by atoms with Crippen LogP contribution in [-0.2, 0) is 35.5 Å². The fraction of sp³-hybridized carbons (Fsp3) is 0.355. The van der Waals surface area contributed by atoms with Crippen LogP contribution in [0.1, 0.15) is 41.5 Å². The van der Waals surface area contributed by atoms with Crippen molar-refractivity contribution in [1.29, 1.82) is 0 Å². The standard InChI is InChI=1S/C31H35N3O2/c35-30(15-14-24-6-2-1-3-7-24)33-19-17-28(18-20-33)31(36)32-22-25-10-12-26(13-11-25)23-34-21-16-27-8-4-5-9-29(27)34/h1-13,28H,14-23H2,(H,32,36). The Bertz CT molecular complexity index is 1170. The van der Waals surface area contributed by atoms with Crippen LogP contribution in [0.3, 0.4) is 0 Å². The number of para-hydroxylation sites is 1. The van der Waals surface area contributed by atoms with Crippen molar-refractivity contribution >= 4 is 17.5 Å². The lowest BCUT2D eigenvalue weighted by atomic mass is 9.95. The van der Waals surface area contributed by atoms with E-state index in [1.165, 1.54) is 22.4 Å². The first kappa shape index (κ1) is 24.1. The van der Waals surface area contributed by atoms with Crippen LogP contribution in [0.5, 0.6) is 0 Å². The highest BCUT2D eigenvalue weighted by atomic mass is 16.2. The van der Waals surface area contributed by atoms with Crippen molar-refractivity contribution in [2.75, 3.05) is 24.5 Å². The Morgan fingerprint density at radius 2 is 1.47 bits per heavy atom. The molecule has 2 aliphatic heterocycles. The Morgan fingerprint density at radius 1 is 0.778 bits per heavy atom. The number of carbonyl (C=O) groups excluding carboxylic acids is 2. The van der Waals surface area contributed by atoms with Gasteiger partial charge in [0.25, 0.3) is 0 Å². The number of carbonyl (C=O) groups is 2. The second kappa shape index (κ2) is 11.4. The van der Waals surface area contributed by atoms with Crippen molar-refractivity contribution in [2.24, 2.45) is 5.92 Å². The van der Waals surface area contributed by atoms with Crippen molar-refractivity contribution in [1.82, 2.24) is 10.2 Å². The number of nitrogens with one attached hydrogen (secondary N) is 1. The van der Waals surface area contributed by atoms with Gasteiger partial charge in [0.2, 0.25) is 11.8 Å². The number of hydrogen-bond acceptors (Lipinski definition) is 3. The van der Waals surface area contributed by atoms with Gasteiger partial charge in [0, 0.05) is 50.7 Å². The van der Waals surface area contributed by atoms with E-state index in [1.807, 2.05) is 23.1 Å². The third-order valence-electron chi connectivity index (χ3n) is 7.54. The molecule has 1 fully saturated rings. The molecule has 1 N–H and O–H groups in total. The molecule has 2 heterocycles. The molecule has 36 heavy (non-hydrogen) atoms. The summed E-state index contributed by atoms with van der Waals surface area (Å²) in [6, 6.07) is 27.3. The predicted molar refractivity (Wildman–Crippen MR) is 144 cm³/mol. The molecule has 0 atom stereocenters. The average molecular weight is 482 g/mol. The molecule has 0 radical (unpaired) electrons. The normalized spacial score (nSPS) is 15.6. The number of benzene rings is 3. The van der Waals surface area contributed by atoms with E-state index >= 15 is 0 Å². The molecule has 5 rings (SSSR count). The molecule has 186 valence electrons. The molecule has 0 spiro atoms. The molecule has 2 aliphatic rings. The highest BCUT2D eigenvalue weighted by Crippen LogP contribution is 2.28. The van der Waals surface area contributed by atoms with E-state index in [4.69, 9.17) is 0 Å². The summed E-state index contributed by atoms with van der Waals surface area (Å²) in [6.07, 6.45) is 3.88. The fourth-order valence-corrected chi connectivity index (χ4v) is 5.33. The van der Waals surface area contributed by atoms with Gasteiger partial charge in [-0.15, -0.1) is 0 Å². The topological polar surface area (TPSA) is 52.7 Å². The van der Waals surface area contributed by atoms with Crippen LogP contribution in [0.4, 0.5) is 5.69 Å². The summed E-state index contributed by atoms with van der Waals surface area (Å²) >= 11 is 0. The molecule has 2 amide bonds. The number of rotatable bonds is 8. The van der Waals surface area contributed by atoms with Gasteiger partial charge in [-0.1, -0.05) is 72.8 Å². The minimum atomic E-state index is -0.0160. The molecule has 0 saturated carbocycles. The van der Waals surface area contributed by atoms with Gasteiger partial charge in [-0.2, -0.15) is 0 Å². The summed E-state index contributed by atoms with van der Waals surface area (Å²) < 4.78 is 0. The van der Waals surface area contributed by atoms with Crippen LogP contribution >= 0.6 is 0 Å². The van der Waals surface area contributed by atoms with Crippen LogP contribution < -0.4 is 10.2 Å². The molecule has 5 heteroatoms. The maximum Gasteiger partial charge on any atom is 0.223 e. The van der Waals surface area contributed by atoms with Gasteiger partial charge in [0.05, 0.1) is 0 Å². The van der Waals surface area contributed by atoms with Crippen molar-refractivity contribution in [3.63, 3.8) is 0 Å². The maximum atomic E-state index is 12.8. The summed E-state index contributed by atoms with van der Waals surface area (Å²) in [4.78, 5) is 29.7. The minimum absolute atomic E-state index is 0.0160. The van der Waals surface area contributed by atoms with E-state index in [0.717, 1.165) is 44.3 Å². The number of fused-ring (bicyclic) bond motifs is 1. The molecule has 0 bridgehead atoms. The quantitative estimate of drug-likeness (QED) is 0.506. The monoisotopic (exact) mass is 481 g/mol. The van der Waals surface area contributed by atoms with E-state index in [0.29, 0.717) is 26.1 Å². The van der Waals surface area contributed by atoms with Crippen LogP contribution in [0.2, 0.25) is 0 Å². The van der Waals surface area contributed by atoms with Crippen LogP contribution in [0.15, 0.2) is 78.9 Å². The Kier molecular flexibility index (Phi) is 7.65. The third-order valence-corrected chi connectivity index (χ3v) is 7.54. The van der Waals surface area contributed by atoms with Crippen molar-refractivity contribution < 1.29 is 9.59 Å². The van der Waals surface area contributed by atoms with Gasteiger partial charge in [-0.3, -0.25) is 9.59 Å². The molecular formula is C31H35N3O2. The molecule has 3 aromatic carbocycles. The summed E-state index contributed by atoms with van der Waals surface area (Å²) in [5, 5.41) is 3.11. The lowest BCUT2D eigenvalue weighted by Gasteiger charge is -2.31. The van der Waals surface area contributed by atoms with E-state index < -0.39 is 0 Å². The summed E-state index contributed by atoms with van der Waals surface area (Å²) in [5.41, 5.74) is 6.36. The minimum Gasteiger partial charge on any atom is -0.367 e. The first-order chi connectivity index (χ1) is 17.7. The van der Waals surface area contributed by atoms with Gasteiger partial charge >= 0.3 is 0 Å². The Morgan fingerprint density at radius 3 is 2.25 bits per heavy atom. The molecular weight excluding hydrogens is 446 g/mol. The second-order valence-corrected chi connectivity index (χ2v) is 9.98. The predicted octanol–water partition coefficient (Wildman–Crippen LogP) is 4.74. The van der Waals surface area contributed by atoms with Gasteiger partial charge in [0.1, 0.15) is 0 Å². The number of piperidine rings is 1. The average Bonchev–Trinajstić information content (AvgIpc) is 3.34. The highest BCUT2D eigenvalue weighted by Gasteiger charge is 2.27. The molecule has 0 unspecified atom stereocenters. The lowest BCUT2D eigenvalue weighted by molar-refractivity contribution is -0.135. The Hall–Kier alpha value is -3.60. The Labute approximate surface area is 214 Å². The molecule has 0 aliphatic carbocycles. The van der Waals surface area contributed by atoms with Crippen molar-refractivity contribution in [2.45, 2.75) is 45.2 Å². The zero-order valence-corrected chi connectivity index (χ0v) is 20.9. The molecule has 5 nitrogen and oxygen atoms in total. The summed E-state index contributed by atoms with van der Waals surface area (Å²) in [7, 11) is 0. The summed E-state index contributed by atoms with van der Waals surface area (Å²) in [5.74, 6) is 0.275. The van der Waals surface area contributed by atoms with E-state index in [9.17, 15) is 9.59 Å². The number of anilines is 1. The van der Waals surface area contributed by atoms with Gasteiger partial charge in [0.15, 0.2) is 0 Å². The van der Waals surface area contributed by atoms with Gasteiger partial charge in [-0.05, 0) is 54.0 Å². The molecule has 0 aromatic heterocycles. The lowest BCUT2D eigenvalue weighted by Crippen LogP contribution is -2.43. The number of aryl methyl sites for hydroxylation is 1. The van der Waals surface area contributed by atoms with Crippen LogP contribution in [0, 0.1) is 5.92 Å². The van der Waals surface area contributed by atoms with Crippen LogP contribution in [0.25, 0.3) is 0 Å². The third kappa shape index (κ3) is 5.96. The zero-order valence-electron chi connectivity index (χ0n) is 20.9. The molecule has 1 saturated heterocycles. The second-order valence-electron chi connectivity index (χ2n) is 9.98. The van der Waals surface area contributed by atoms with E-state index in [-0.39, 0.29) is 17.7 Å². The smallest absolute Gasteiger partial charge is 0.223 e. The SMILES string of the molecule is O=C(NCc1ccc(CN2CCc3ccccc32)cc1)C1CCN(C(=O)CCc2ccccc2)CC1.